The maximum atomic E-state index is 12.9. The van der Waals surface area contributed by atoms with Crippen molar-refractivity contribution in [1.29, 1.82) is 0 Å². The lowest BCUT2D eigenvalue weighted by atomic mass is 9.68. The maximum absolute atomic E-state index is 12.9. The van der Waals surface area contributed by atoms with Gasteiger partial charge in [0.15, 0.2) is 0 Å². The fraction of sp³-hybridized carbons (Fsp3) is 0.485. The van der Waals surface area contributed by atoms with Gasteiger partial charge < -0.3 is 9.16 Å². The van der Waals surface area contributed by atoms with E-state index in [1.54, 1.807) is 0 Å². The van der Waals surface area contributed by atoms with Crippen LogP contribution in [0.15, 0.2) is 84.5 Å². The van der Waals surface area contributed by atoms with Crippen LogP contribution in [0.25, 0.3) is 0 Å². The van der Waals surface area contributed by atoms with Gasteiger partial charge in [0.05, 0.1) is 5.41 Å². The zero-order valence-electron chi connectivity index (χ0n) is 23.7. The summed E-state index contributed by atoms with van der Waals surface area (Å²) in [5, 5.41) is 2.51. The fourth-order valence-corrected chi connectivity index (χ4v) is 10.7. The van der Waals surface area contributed by atoms with Gasteiger partial charge >= 0.3 is 5.97 Å². The molecule has 0 amide bonds. The Morgan fingerprint density at radius 2 is 1.49 bits per heavy atom. The van der Waals surface area contributed by atoms with Gasteiger partial charge in [-0.05, 0) is 66.4 Å². The Hall–Kier alpha value is -2.43. The Morgan fingerprint density at radius 3 is 2.00 bits per heavy atom. The third-order valence-electron chi connectivity index (χ3n) is 8.13. The van der Waals surface area contributed by atoms with E-state index in [1.807, 2.05) is 20.8 Å². The summed E-state index contributed by atoms with van der Waals surface area (Å²) in [5.41, 5.74) is 0.783. The van der Waals surface area contributed by atoms with E-state index in [2.05, 4.69) is 107 Å². The zero-order chi connectivity index (χ0) is 26.8. The second-order valence-electron chi connectivity index (χ2n) is 12.9. The molecule has 0 unspecified atom stereocenters. The van der Waals surface area contributed by atoms with E-state index in [4.69, 9.17) is 9.16 Å². The quantitative estimate of drug-likeness (QED) is 0.317. The van der Waals surface area contributed by atoms with E-state index in [1.165, 1.54) is 15.9 Å². The van der Waals surface area contributed by atoms with Crippen LogP contribution in [0, 0.1) is 23.2 Å². The SMILES string of the molecule is C[C@H]1C=CC2=CCC[C@H](OC(=O)C(C)(C)C)[C@@H]2[C@H]1CO[Si](c1ccccc1)(c1ccccc1)C(C)(C)C. The number of esters is 1. The second kappa shape index (κ2) is 10.7. The van der Waals surface area contributed by atoms with Crippen molar-refractivity contribution in [3.8, 4) is 0 Å². The summed E-state index contributed by atoms with van der Waals surface area (Å²) in [6, 6.07) is 21.7. The van der Waals surface area contributed by atoms with Gasteiger partial charge in [-0.3, -0.25) is 4.79 Å². The smallest absolute Gasteiger partial charge is 0.311 e. The molecule has 0 fully saturated rings. The van der Waals surface area contributed by atoms with Crippen molar-refractivity contribution in [3.63, 3.8) is 0 Å². The molecule has 2 aromatic carbocycles. The van der Waals surface area contributed by atoms with Crippen molar-refractivity contribution in [2.24, 2.45) is 23.2 Å². The predicted octanol–water partition coefficient (Wildman–Crippen LogP) is 6.68. The van der Waals surface area contributed by atoms with E-state index in [-0.39, 0.29) is 28.9 Å². The van der Waals surface area contributed by atoms with Gasteiger partial charge in [0.2, 0.25) is 0 Å². The second-order valence-corrected chi connectivity index (χ2v) is 17.2. The highest BCUT2D eigenvalue weighted by molar-refractivity contribution is 6.99. The molecular formula is C33H44O3Si. The molecule has 0 N–H and O–H groups in total. The molecule has 0 aliphatic heterocycles. The van der Waals surface area contributed by atoms with E-state index >= 15 is 0 Å². The predicted molar refractivity (Wildman–Crippen MR) is 156 cm³/mol. The molecule has 37 heavy (non-hydrogen) atoms. The van der Waals surface area contributed by atoms with Gasteiger partial charge in [0, 0.05) is 12.5 Å². The summed E-state index contributed by atoms with van der Waals surface area (Å²) in [4.78, 5) is 12.9. The normalized spacial score (nSPS) is 24.2. The van der Waals surface area contributed by atoms with Crippen LogP contribution >= 0.6 is 0 Å². The first kappa shape index (κ1) is 27.6. The van der Waals surface area contributed by atoms with Gasteiger partial charge in [-0.15, -0.1) is 0 Å². The lowest BCUT2D eigenvalue weighted by Gasteiger charge is -2.47. The van der Waals surface area contributed by atoms with Crippen molar-refractivity contribution in [2.75, 3.05) is 6.61 Å². The highest BCUT2D eigenvalue weighted by atomic mass is 28.4. The summed E-state index contributed by atoms with van der Waals surface area (Å²) in [7, 11) is -2.65. The van der Waals surface area contributed by atoms with Gasteiger partial charge in [-0.2, -0.15) is 0 Å². The molecule has 0 saturated carbocycles. The molecule has 0 radical (unpaired) electrons. The molecule has 0 spiro atoms. The van der Waals surface area contributed by atoms with Gasteiger partial charge in [-0.1, -0.05) is 107 Å². The van der Waals surface area contributed by atoms with Crippen molar-refractivity contribution in [2.45, 2.75) is 72.5 Å². The van der Waals surface area contributed by atoms with E-state index < -0.39 is 13.7 Å². The highest BCUT2D eigenvalue weighted by Gasteiger charge is 2.51. The van der Waals surface area contributed by atoms with Crippen LogP contribution in [-0.4, -0.2) is 27.0 Å². The summed E-state index contributed by atoms with van der Waals surface area (Å²) < 4.78 is 13.6. The largest absolute Gasteiger partial charge is 0.461 e. The molecule has 0 saturated heterocycles. The van der Waals surface area contributed by atoms with Crippen molar-refractivity contribution >= 4 is 24.7 Å². The fourth-order valence-electron chi connectivity index (χ4n) is 6.06. The number of hydrogen-bond acceptors (Lipinski definition) is 3. The molecule has 3 nitrogen and oxygen atoms in total. The molecule has 0 aromatic heterocycles. The minimum atomic E-state index is -2.65. The summed E-state index contributed by atoms with van der Waals surface area (Å²) in [6.07, 6.45) is 8.60. The molecule has 0 heterocycles. The Morgan fingerprint density at radius 1 is 0.919 bits per heavy atom. The number of benzene rings is 2. The highest BCUT2D eigenvalue weighted by Crippen LogP contribution is 2.44. The minimum absolute atomic E-state index is 0.0766. The molecule has 4 heteroatoms. The van der Waals surface area contributed by atoms with Crippen LogP contribution in [0.4, 0.5) is 0 Å². The number of carbonyl (C=O) groups is 1. The Kier molecular flexibility index (Phi) is 8.01. The lowest BCUT2D eigenvalue weighted by Crippen LogP contribution is -2.67. The van der Waals surface area contributed by atoms with Crippen LogP contribution in [0.3, 0.4) is 0 Å². The van der Waals surface area contributed by atoms with Crippen molar-refractivity contribution in [3.05, 3.63) is 84.5 Å². The van der Waals surface area contributed by atoms with Gasteiger partial charge in [-0.25, -0.2) is 0 Å². The van der Waals surface area contributed by atoms with E-state index in [0.29, 0.717) is 12.5 Å². The Bertz CT molecular complexity index is 1080. The van der Waals surface area contributed by atoms with E-state index in [0.717, 1.165) is 12.8 Å². The standard InChI is InChI=1S/C33H44O3Si/c1-24-21-22-25-15-14-20-29(36-31(34)32(2,3)4)30(25)28(24)23-35-37(33(5,6)7,26-16-10-8-11-17-26)27-18-12-9-13-19-27/h8-13,15-19,21-22,24,28-30H,14,20,23H2,1-7H3/t24-,28-,29-,30-/m0/s1. The molecule has 2 aromatic rings. The average Bonchev–Trinajstić information content (AvgIpc) is 2.85. The van der Waals surface area contributed by atoms with Crippen LogP contribution in [0.2, 0.25) is 5.04 Å². The summed E-state index contributed by atoms with van der Waals surface area (Å²) in [5.74, 6) is 0.594. The Labute approximate surface area is 225 Å². The third kappa shape index (κ3) is 5.56. The third-order valence-corrected chi connectivity index (χ3v) is 13.1. The first-order valence-corrected chi connectivity index (χ1v) is 15.7. The van der Waals surface area contributed by atoms with Crippen LogP contribution in [0.5, 0.6) is 0 Å². The number of hydrogen-bond donors (Lipinski definition) is 0. The molecule has 4 atom stereocenters. The molecule has 4 rings (SSSR count). The topological polar surface area (TPSA) is 35.5 Å². The van der Waals surface area contributed by atoms with Crippen molar-refractivity contribution in [1.82, 2.24) is 0 Å². The van der Waals surface area contributed by atoms with Crippen LogP contribution < -0.4 is 10.4 Å². The van der Waals surface area contributed by atoms with Crippen LogP contribution in [0.1, 0.15) is 61.3 Å². The first-order chi connectivity index (χ1) is 17.4. The average molecular weight is 517 g/mol. The van der Waals surface area contributed by atoms with Crippen molar-refractivity contribution < 1.29 is 14.0 Å². The maximum Gasteiger partial charge on any atom is 0.311 e. The number of allylic oxidation sites excluding steroid dienone is 3. The minimum Gasteiger partial charge on any atom is -0.461 e. The lowest BCUT2D eigenvalue weighted by molar-refractivity contribution is -0.163. The number of rotatable bonds is 6. The van der Waals surface area contributed by atoms with Crippen LogP contribution in [-0.2, 0) is 14.0 Å². The molecular weight excluding hydrogens is 472 g/mol. The summed E-state index contributed by atoms with van der Waals surface area (Å²) in [6.45, 7) is 15.7. The summed E-state index contributed by atoms with van der Waals surface area (Å²) >= 11 is 0. The molecule has 2 aliphatic rings. The van der Waals surface area contributed by atoms with Gasteiger partial charge in [0.25, 0.3) is 8.32 Å². The van der Waals surface area contributed by atoms with E-state index in [9.17, 15) is 4.79 Å². The molecule has 2 aliphatic carbocycles. The number of fused-ring (bicyclic) bond motifs is 1. The first-order valence-electron chi connectivity index (χ1n) is 13.8. The zero-order valence-corrected chi connectivity index (χ0v) is 24.7. The Balaban J connectivity index is 1.73. The number of ether oxygens (including phenoxy) is 1. The number of carbonyl (C=O) groups excluding carboxylic acids is 1. The molecule has 0 bridgehead atoms. The molecule has 198 valence electrons. The van der Waals surface area contributed by atoms with Gasteiger partial charge in [0.1, 0.15) is 6.10 Å². The monoisotopic (exact) mass is 516 g/mol.